The summed E-state index contributed by atoms with van der Waals surface area (Å²) < 4.78 is 0. The van der Waals surface area contributed by atoms with E-state index in [4.69, 9.17) is 0 Å². The molecule has 3 aromatic rings. The molecule has 0 atom stereocenters. The van der Waals surface area contributed by atoms with Gasteiger partial charge < -0.3 is 5.32 Å². The molecule has 0 saturated carbocycles. The fourth-order valence-corrected chi connectivity index (χ4v) is 2.77. The average molecular weight is 387 g/mol. The number of nitrogens with one attached hydrogen (secondary N) is 3. The lowest BCUT2D eigenvalue weighted by Crippen LogP contribution is -2.41. The molecule has 6 nitrogen and oxygen atoms in total. The molecule has 3 amide bonds. The molecule has 0 spiro atoms. The van der Waals surface area contributed by atoms with Crippen molar-refractivity contribution in [3.8, 4) is 0 Å². The number of benzene rings is 3. The van der Waals surface area contributed by atoms with Gasteiger partial charge in [-0.1, -0.05) is 60.7 Å². The molecule has 3 rings (SSSR count). The van der Waals surface area contributed by atoms with Gasteiger partial charge in [0, 0.05) is 24.6 Å². The predicted molar refractivity (Wildman–Crippen MR) is 114 cm³/mol. The highest BCUT2D eigenvalue weighted by atomic mass is 16.2. The summed E-state index contributed by atoms with van der Waals surface area (Å²) in [5, 5.41) is 4.81. The molecule has 0 aliphatic rings. The Morgan fingerprint density at radius 1 is 0.724 bits per heavy atom. The summed E-state index contributed by atoms with van der Waals surface area (Å²) in [5.41, 5.74) is 6.20. The van der Waals surface area contributed by atoms with Gasteiger partial charge in [0.05, 0.1) is 0 Å². The highest BCUT2D eigenvalue weighted by Crippen LogP contribution is 2.19. The molecule has 146 valence electrons. The van der Waals surface area contributed by atoms with E-state index in [2.05, 4.69) is 16.2 Å². The summed E-state index contributed by atoms with van der Waals surface area (Å²) in [6.07, 6.45) is 3.02. The van der Waals surface area contributed by atoms with Gasteiger partial charge in [-0.15, -0.1) is 0 Å². The molecule has 0 aromatic heterocycles. The number of carbonyl (C=O) groups excluding carboxylic acids is 3. The normalized spacial score (nSPS) is 10.6. The predicted octanol–water partition coefficient (Wildman–Crippen LogP) is 3.42. The van der Waals surface area contributed by atoms with E-state index in [1.165, 1.54) is 6.08 Å². The van der Waals surface area contributed by atoms with Gasteiger partial charge >= 0.3 is 0 Å². The summed E-state index contributed by atoms with van der Waals surface area (Å²) in [7, 11) is 0. The molecule has 0 heterocycles. The molecule has 0 fully saturated rings. The second kappa shape index (κ2) is 9.85. The van der Waals surface area contributed by atoms with Gasteiger partial charge in [-0.25, -0.2) is 0 Å². The monoisotopic (exact) mass is 387 g/mol. The quantitative estimate of drug-likeness (QED) is 0.447. The minimum atomic E-state index is -0.458. The molecule has 3 aromatic carbocycles. The van der Waals surface area contributed by atoms with Crippen molar-refractivity contribution in [3.05, 3.63) is 84.4 Å². The lowest BCUT2D eigenvalue weighted by molar-refractivity contribution is -0.128. The van der Waals surface area contributed by atoms with Crippen LogP contribution >= 0.6 is 0 Å². The summed E-state index contributed by atoms with van der Waals surface area (Å²) in [5.74, 6) is -1.17. The number of amides is 3. The summed E-state index contributed by atoms with van der Waals surface area (Å²) in [6, 6.07) is 22.7. The van der Waals surface area contributed by atoms with Crippen LogP contribution in [-0.4, -0.2) is 17.7 Å². The maximum atomic E-state index is 11.9. The van der Waals surface area contributed by atoms with Gasteiger partial charge in [0.15, 0.2) is 0 Å². The van der Waals surface area contributed by atoms with Crippen molar-refractivity contribution in [2.75, 3.05) is 5.32 Å². The highest BCUT2D eigenvalue weighted by molar-refractivity contribution is 5.98. The van der Waals surface area contributed by atoms with Crippen LogP contribution in [0.1, 0.15) is 18.4 Å². The molecule has 0 saturated heterocycles. The van der Waals surface area contributed by atoms with Gasteiger partial charge in [-0.05, 0) is 34.5 Å². The number of hydrogen-bond acceptors (Lipinski definition) is 3. The number of para-hydroxylation sites is 1. The van der Waals surface area contributed by atoms with E-state index in [1.54, 1.807) is 18.2 Å². The fraction of sp³-hybridized carbons (Fsp3) is 0.0870. The van der Waals surface area contributed by atoms with Crippen molar-refractivity contribution >= 4 is 40.3 Å². The molecule has 0 bridgehead atoms. The summed E-state index contributed by atoms with van der Waals surface area (Å²) >= 11 is 0. The third-order valence-electron chi connectivity index (χ3n) is 4.20. The van der Waals surface area contributed by atoms with Crippen molar-refractivity contribution in [3.63, 3.8) is 0 Å². The van der Waals surface area contributed by atoms with E-state index >= 15 is 0 Å². The topological polar surface area (TPSA) is 87.3 Å². The molecular weight excluding hydrogens is 366 g/mol. The van der Waals surface area contributed by atoms with Crippen LogP contribution in [0.15, 0.2) is 78.9 Å². The van der Waals surface area contributed by atoms with Crippen molar-refractivity contribution in [2.24, 2.45) is 0 Å². The first-order chi connectivity index (χ1) is 14.1. The molecule has 6 heteroatoms. The second-order valence-electron chi connectivity index (χ2n) is 6.35. The van der Waals surface area contributed by atoms with Crippen LogP contribution in [0.3, 0.4) is 0 Å². The van der Waals surface area contributed by atoms with Crippen LogP contribution in [-0.2, 0) is 14.4 Å². The Kier molecular flexibility index (Phi) is 6.73. The number of hydrazine groups is 1. The molecule has 3 N–H and O–H groups in total. The third kappa shape index (κ3) is 6.04. The number of hydrogen-bond donors (Lipinski definition) is 3. The number of fused-ring (bicyclic) bond motifs is 1. The van der Waals surface area contributed by atoms with E-state index in [9.17, 15) is 14.4 Å². The van der Waals surface area contributed by atoms with Crippen LogP contribution < -0.4 is 16.2 Å². The lowest BCUT2D eigenvalue weighted by Gasteiger charge is -2.06. The Bertz CT molecular complexity index is 1040. The zero-order chi connectivity index (χ0) is 20.5. The molecule has 29 heavy (non-hydrogen) atoms. The maximum absolute atomic E-state index is 11.9. The van der Waals surface area contributed by atoms with Crippen LogP contribution in [0.2, 0.25) is 0 Å². The minimum Gasteiger partial charge on any atom is -0.326 e. The summed E-state index contributed by atoms with van der Waals surface area (Å²) in [4.78, 5) is 35.6. The number of rotatable bonds is 6. The minimum absolute atomic E-state index is 0.0163. The van der Waals surface area contributed by atoms with Crippen molar-refractivity contribution in [1.82, 2.24) is 10.9 Å². The first kappa shape index (κ1) is 19.8. The Morgan fingerprint density at radius 3 is 2.24 bits per heavy atom. The zero-order valence-corrected chi connectivity index (χ0v) is 15.7. The van der Waals surface area contributed by atoms with Crippen LogP contribution in [0.4, 0.5) is 5.69 Å². The summed E-state index contributed by atoms with van der Waals surface area (Å²) in [6.45, 7) is 0. The second-order valence-corrected chi connectivity index (χ2v) is 6.35. The Labute approximate surface area is 168 Å². The van der Waals surface area contributed by atoms with E-state index < -0.39 is 11.8 Å². The van der Waals surface area contributed by atoms with Gasteiger partial charge in [-0.3, -0.25) is 25.2 Å². The molecule has 0 aliphatic carbocycles. The van der Waals surface area contributed by atoms with Crippen molar-refractivity contribution in [1.29, 1.82) is 0 Å². The molecule has 0 aliphatic heterocycles. The molecule has 0 unspecified atom stereocenters. The highest BCUT2D eigenvalue weighted by Gasteiger charge is 2.08. The standard InChI is InChI=1S/C23H21N3O3/c27-21(24-19-10-2-1-3-11-19)15-16-23(29)26-25-22(28)14-13-18-9-6-8-17-7-4-5-12-20(17)18/h1-14H,15-16H2,(H,24,27)(H,25,28)(H,26,29). The first-order valence-corrected chi connectivity index (χ1v) is 9.21. The molecular formula is C23H21N3O3. The van der Waals surface area contributed by atoms with E-state index in [0.29, 0.717) is 5.69 Å². The van der Waals surface area contributed by atoms with Crippen LogP contribution in [0, 0.1) is 0 Å². The third-order valence-corrected chi connectivity index (χ3v) is 4.20. The van der Waals surface area contributed by atoms with E-state index in [0.717, 1.165) is 16.3 Å². The average Bonchev–Trinajstić information content (AvgIpc) is 2.75. The van der Waals surface area contributed by atoms with Crippen LogP contribution in [0.5, 0.6) is 0 Å². The molecule has 0 radical (unpaired) electrons. The number of anilines is 1. The van der Waals surface area contributed by atoms with Crippen molar-refractivity contribution in [2.45, 2.75) is 12.8 Å². The van der Waals surface area contributed by atoms with E-state index in [-0.39, 0.29) is 18.7 Å². The van der Waals surface area contributed by atoms with Crippen LogP contribution in [0.25, 0.3) is 16.8 Å². The Morgan fingerprint density at radius 2 is 1.41 bits per heavy atom. The Hall–Kier alpha value is -3.93. The Balaban J connectivity index is 1.43. The largest absolute Gasteiger partial charge is 0.326 e. The SMILES string of the molecule is O=C(C=Cc1cccc2ccccc12)NNC(=O)CCC(=O)Nc1ccccc1. The van der Waals surface area contributed by atoms with E-state index in [1.807, 2.05) is 60.7 Å². The maximum Gasteiger partial charge on any atom is 0.262 e. The van der Waals surface area contributed by atoms with Crippen molar-refractivity contribution < 1.29 is 14.4 Å². The first-order valence-electron chi connectivity index (χ1n) is 9.21. The zero-order valence-electron chi connectivity index (χ0n) is 15.7. The number of carbonyl (C=O) groups is 3. The smallest absolute Gasteiger partial charge is 0.262 e. The van der Waals surface area contributed by atoms with Gasteiger partial charge in [0.2, 0.25) is 11.8 Å². The van der Waals surface area contributed by atoms with Gasteiger partial charge in [0.25, 0.3) is 5.91 Å². The van der Waals surface area contributed by atoms with Gasteiger partial charge in [0.1, 0.15) is 0 Å². The van der Waals surface area contributed by atoms with Gasteiger partial charge in [-0.2, -0.15) is 0 Å². The lowest BCUT2D eigenvalue weighted by atomic mass is 10.0. The fourth-order valence-electron chi connectivity index (χ4n) is 2.77.